The van der Waals surface area contributed by atoms with Crippen LogP contribution in [0.3, 0.4) is 0 Å². The zero-order valence-corrected chi connectivity index (χ0v) is 18.6. The minimum atomic E-state index is -4.55. The van der Waals surface area contributed by atoms with Crippen molar-refractivity contribution in [1.29, 1.82) is 0 Å². The lowest BCUT2D eigenvalue weighted by molar-refractivity contribution is -0.137. The number of urea groups is 1. The van der Waals surface area contributed by atoms with Gasteiger partial charge in [-0.1, -0.05) is 11.6 Å². The Bertz CT molecular complexity index is 1320. The largest absolute Gasteiger partial charge is 0.417 e. The Balaban J connectivity index is 1.61. The number of carbonyl (C=O) groups is 1. The second kappa shape index (κ2) is 9.27. The van der Waals surface area contributed by atoms with Crippen molar-refractivity contribution >= 4 is 34.5 Å². The second-order valence-corrected chi connectivity index (χ2v) is 7.46. The number of fused-ring (bicyclic) bond motifs is 1. The Morgan fingerprint density at radius 2 is 1.91 bits per heavy atom. The maximum absolute atomic E-state index is 13.2. The maximum atomic E-state index is 13.2. The predicted molar refractivity (Wildman–Crippen MR) is 117 cm³/mol. The third-order valence-corrected chi connectivity index (χ3v) is 5.04. The van der Waals surface area contributed by atoms with E-state index in [4.69, 9.17) is 16.3 Å². The number of anilines is 2. The maximum Gasteiger partial charge on any atom is 0.417 e. The van der Waals surface area contributed by atoms with Gasteiger partial charge in [-0.15, -0.1) is 4.80 Å². The highest BCUT2D eigenvalue weighted by molar-refractivity contribution is 6.32. The van der Waals surface area contributed by atoms with E-state index in [-0.39, 0.29) is 27.7 Å². The van der Waals surface area contributed by atoms with Crippen molar-refractivity contribution in [1.82, 2.24) is 29.6 Å². The van der Waals surface area contributed by atoms with Crippen LogP contribution in [-0.2, 0) is 10.9 Å². The first-order chi connectivity index (χ1) is 16.2. The molecule has 1 unspecified atom stereocenters. The van der Waals surface area contributed by atoms with E-state index in [1.165, 1.54) is 35.7 Å². The molecule has 4 aromatic heterocycles. The standard InChI is InChI=1S/C20H18ClF3N8O2/c1-3-34-11(2)17-15(9-28-31-10-12(6-16(17)31)20(22,23)24)30-19(33)29-13-7-14(21)18(25-8-13)32-26-4-5-27-32/h4-11H,3H2,1-2H3,(H2,29,30,33). The molecule has 0 aromatic carbocycles. The second-order valence-electron chi connectivity index (χ2n) is 7.05. The van der Waals surface area contributed by atoms with Crippen LogP contribution in [0.25, 0.3) is 11.3 Å². The number of alkyl halides is 3. The highest BCUT2D eigenvalue weighted by Gasteiger charge is 2.33. The number of hydrogen-bond acceptors (Lipinski definition) is 6. The first-order valence-electron chi connectivity index (χ1n) is 9.97. The molecule has 0 aliphatic carbocycles. The van der Waals surface area contributed by atoms with Crippen LogP contribution in [0.1, 0.15) is 31.1 Å². The van der Waals surface area contributed by atoms with Crippen molar-refractivity contribution in [3.63, 3.8) is 0 Å². The molecule has 1 atom stereocenters. The summed E-state index contributed by atoms with van der Waals surface area (Å²) in [6, 6.07) is 1.74. The van der Waals surface area contributed by atoms with Crippen LogP contribution in [0.5, 0.6) is 0 Å². The zero-order chi connectivity index (χ0) is 24.5. The van der Waals surface area contributed by atoms with Gasteiger partial charge in [-0.25, -0.2) is 14.3 Å². The van der Waals surface area contributed by atoms with Crippen molar-refractivity contribution in [2.75, 3.05) is 17.2 Å². The number of rotatable bonds is 6. The van der Waals surface area contributed by atoms with E-state index in [9.17, 15) is 18.0 Å². The molecule has 0 aliphatic rings. The molecule has 178 valence electrons. The van der Waals surface area contributed by atoms with Crippen LogP contribution in [0.4, 0.5) is 29.3 Å². The van der Waals surface area contributed by atoms with Gasteiger partial charge in [0.05, 0.1) is 58.4 Å². The summed E-state index contributed by atoms with van der Waals surface area (Å²) in [5.74, 6) is 0.272. The average Bonchev–Trinajstić information content (AvgIpc) is 3.43. The summed E-state index contributed by atoms with van der Waals surface area (Å²) >= 11 is 6.21. The molecular weight excluding hydrogens is 477 g/mol. The Hall–Kier alpha value is -3.71. The molecule has 0 spiro atoms. The van der Waals surface area contributed by atoms with E-state index in [0.717, 1.165) is 16.8 Å². The smallest absolute Gasteiger partial charge is 0.374 e. The molecule has 0 saturated heterocycles. The molecule has 0 bridgehead atoms. The van der Waals surface area contributed by atoms with Crippen LogP contribution < -0.4 is 10.6 Å². The number of amides is 2. The Labute approximate surface area is 195 Å². The Morgan fingerprint density at radius 1 is 1.18 bits per heavy atom. The van der Waals surface area contributed by atoms with Crippen molar-refractivity contribution in [2.24, 2.45) is 0 Å². The van der Waals surface area contributed by atoms with Crippen LogP contribution in [0, 0.1) is 0 Å². The van der Waals surface area contributed by atoms with Crippen LogP contribution >= 0.6 is 11.6 Å². The van der Waals surface area contributed by atoms with E-state index in [0.29, 0.717) is 12.2 Å². The molecule has 14 heteroatoms. The molecule has 4 rings (SSSR count). The van der Waals surface area contributed by atoms with Gasteiger partial charge in [0.15, 0.2) is 5.82 Å². The predicted octanol–water partition coefficient (Wildman–Crippen LogP) is 4.72. The molecule has 0 radical (unpaired) electrons. The Kier molecular flexibility index (Phi) is 6.39. The number of carbonyl (C=O) groups excluding carboxylic acids is 1. The zero-order valence-electron chi connectivity index (χ0n) is 17.8. The highest BCUT2D eigenvalue weighted by atomic mass is 35.5. The van der Waals surface area contributed by atoms with Crippen molar-refractivity contribution in [2.45, 2.75) is 26.1 Å². The third kappa shape index (κ3) is 4.79. The molecule has 4 heterocycles. The molecule has 10 nitrogen and oxygen atoms in total. The average molecular weight is 495 g/mol. The summed E-state index contributed by atoms with van der Waals surface area (Å²) in [4.78, 5) is 18.0. The quantitative estimate of drug-likeness (QED) is 0.401. The fourth-order valence-electron chi connectivity index (χ4n) is 3.35. The lowest BCUT2D eigenvalue weighted by Gasteiger charge is -2.18. The van der Waals surface area contributed by atoms with Gasteiger partial charge in [0.2, 0.25) is 0 Å². The van der Waals surface area contributed by atoms with Gasteiger partial charge < -0.3 is 15.4 Å². The summed E-state index contributed by atoms with van der Waals surface area (Å²) in [5, 5.41) is 17.3. The first-order valence-corrected chi connectivity index (χ1v) is 10.4. The lowest BCUT2D eigenvalue weighted by atomic mass is 10.1. The molecular formula is C20H18ClF3N8O2. The summed E-state index contributed by atoms with van der Waals surface area (Å²) in [7, 11) is 0. The number of aromatic nitrogens is 6. The van der Waals surface area contributed by atoms with Crippen LogP contribution in [0.2, 0.25) is 5.02 Å². The summed E-state index contributed by atoms with van der Waals surface area (Å²) in [6.45, 7) is 3.75. The van der Waals surface area contributed by atoms with Crippen molar-refractivity contribution in [3.05, 3.63) is 59.3 Å². The van der Waals surface area contributed by atoms with Gasteiger partial charge in [0.1, 0.15) is 0 Å². The lowest BCUT2D eigenvalue weighted by Crippen LogP contribution is -2.22. The Morgan fingerprint density at radius 3 is 2.56 bits per heavy atom. The van der Waals surface area contributed by atoms with E-state index >= 15 is 0 Å². The summed E-state index contributed by atoms with van der Waals surface area (Å²) in [6.07, 6.45) is 1.25. The van der Waals surface area contributed by atoms with Crippen LogP contribution in [0.15, 0.2) is 43.1 Å². The molecule has 0 fully saturated rings. The minimum absolute atomic E-state index is 0.159. The number of nitrogens with one attached hydrogen (secondary N) is 2. The number of ether oxygens (including phenoxy) is 1. The highest BCUT2D eigenvalue weighted by Crippen LogP contribution is 2.35. The molecule has 2 amide bonds. The van der Waals surface area contributed by atoms with Gasteiger partial charge in [-0.2, -0.15) is 28.5 Å². The topological polar surface area (TPSA) is 111 Å². The normalized spacial score (nSPS) is 12.6. The van der Waals surface area contributed by atoms with E-state index in [1.54, 1.807) is 13.8 Å². The molecule has 2 N–H and O–H groups in total. The van der Waals surface area contributed by atoms with Crippen molar-refractivity contribution in [3.8, 4) is 5.82 Å². The van der Waals surface area contributed by atoms with E-state index in [1.807, 2.05) is 0 Å². The monoisotopic (exact) mass is 494 g/mol. The molecule has 4 aromatic rings. The van der Waals surface area contributed by atoms with E-state index in [2.05, 4.69) is 30.9 Å². The van der Waals surface area contributed by atoms with E-state index < -0.39 is 23.9 Å². The van der Waals surface area contributed by atoms with Crippen molar-refractivity contribution < 1.29 is 22.7 Å². The molecule has 34 heavy (non-hydrogen) atoms. The minimum Gasteiger partial charge on any atom is -0.374 e. The number of pyridine rings is 1. The fraction of sp³-hybridized carbons (Fsp3) is 0.250. The van der Waals surface area contributed by atoms with Gasteiger partial charge in [-0.05, 0) is 26.0 Å². The number of hydrogen-bond donors (Lipinski definition) is 2. The van der Waals surface area contributed by atoms with Gasteiger partial charge in [0, 0.05) is 18.4 Å². The first kappa shape index (κ1) is 23.4. The fourth-order valence-corrected chi connectivity index (χ4v) is 3.59. The summed E-state index contributed by atoms with van der Waals surface area (Å²) in [5.41, 5.74) is 0.104. The summed E-state index contributed by atoms with van der Waals surface area (Å²) < 4.78 is 46.4. The SMILES string of the molecule is CCOC(C)c1c(NC(=O)Nc2cnc(-n3nccn3)c(Cl)c2)cnn2cc(C(F)(F)F)cc12. The van der Waals surface area contributed by atoms with Gasteiger partial charge in [-0.3, -0.25) is 0 Å². The number of halogens is 4. The van der Waals surface area contributed by atoms with Crippen LogP contribution in [-0.4, -0.2) is 42.2 Å². The molecule has 0 saturated carbocycles. The third-order valence-electron chi connectivity index (χ3n) is 4.76. The van der Waals surface area contributed by atoms with Gasteiger partial charge in [0.25, 0.3) is 0 Å². The number of nitrogens with zero attached hydrogens (tertiary/aromatic N) is 6. The van der Waals surface area contributed by atoms with Gasteiger partial charge >= 0.3 is 12.2 Å². The molecule has 0 aliphatic heterocycles.